The number of carbonyl (C=O) groups is 2. The van der Waals surface area contributed by atoms with Crippen LogP contribution in [-0.2, 0) is 27.2 Å². The van der Waals surface area contributed by atoms with E-state index in [9.17, 15) is 9.59 Å². The average molecular weight is 323 g/mol. The third kappa shape index (κ3) is 4.88. The molecule has 2 aromatic carbocycles. The van der Waals surface area contributed by atoms with E-state index in [1.54, 1.807) is 24.3 Å². The largest absolute Gasteiger partial charge is 0.393 e. The highest BCUT2D eigenvalue weighted by molar-refractivity contribution is 6.35. The molecule has 0 spiro atoms. The smallest absolute Gasteiger partial charge is 0.317 e. The van der Waals surface area contributed by atoms with Gasteiger partial charge in [-0.25, -0.2) is 0 Å². The number of rotatable bonds is 4. The lowest BCUT2D eigenvalue weighted by atomic mass is 10.1. The van der Waals surface area contributed by atoms with Gasteiger partial charge in [0.25, 0.3) is 0 Å². The Balaban J connectivity index is 1.91. The molecule has 0 N–H and O–H groups in total. The van der Waals surface area contributed by atoms with E-state index in [1.165, 1.54) is 6.07 Å². The summed E-state index contributed by atoms with van der Waals surface area (Å²) in [6.45, 7) is 0. The minimum atomic E-state index is -0.639. The van der Waals surface area contributed by atoms with Gasteiger partial charge in [-0.2, -0.15) is 0 Å². The molecule has 108 valence electrons. The Morgan fingerprint density at radius 2 is 1.57 bits per heavy atom. The molecule has 0 radical (unpaired) electrons. The van der Waals surface area contributed by atoms with Gasteiger partial charge in [-0.05, 0) is 23.3 Å². The highest BCUT2D eigenvalue weighted by Gasteiger charge is 2.13. The summed E-state index contributed by atoms with van der Waals surface area (Å²) < 4.78 is 4.77. The van der Waals surface area contributed by atoms with Gasteiger partial charge in [0.05, 0.1) is 12.8 Å². The van der Waals surface area contributed by atoms with E-state index in [-0.39, 0.29) is 12.8 Å². The second kappa shape index (κ2) is 7.25. The van der Waals surface area contributed by atoms with Crippen LogP contribution in [0.5, 0.6) is 0 Å². The summed E-state index contributed by atoms with van der Waals surface area (Å²) in [5.41, 5.74) is 1.36. The summed E-state index contributed by atoms with van der Waals surface area (Å²) in [6, 6.07) is 13.9. The molecular weight excluding hydrogens is 311 g/mol. The van der Waals surface area contributed by atoms with E-state index in [2.05, 4.69) is 0 Å². The van der Waals surface area contributed by atoms with Gasteiger partial charge in [-0.1, -0.05) is 59.6 Å². The summed E-state index contributed by atoms with van der Waals surface area (Å²) in [6.07, 6.45) is -0.0164. The Morgan fingerprint density at radius 3 is 2.24 bits per heavy atom. The third-order valence-corrected chi connectivity index (χ3v) is 3.36. The van der Waals surface area contributed by atoms with Gasteiger partial charge in [-0.15, -0.1) is 0 Å². The number of ether oxygens (including phenoxy) is 1. The zero-order valence-electron chi connectivity index (χ0n) is 11.0. The standard InChI is InChI=1S/C16H12Cl2O3/c17-13-7-6-12(14(18)10-13)9-16(20)21-15(19)8-11-4-2-1-3-5-11/h1-7,10H,8-9H2. The van der Waals surface area contributed by atoms with E-state index in [0.29, 0.717) is 15.6 Å². The first-order valence-corrected chi connectivity index (χ1v) is 7.01. The second-order valence-corrected chi connectivity index (χ2v) is 5.26. The lowest BCUT2D eigenvalue weighted by molar-refractivity contribution is -0.158. The van der Waals surface area contributed by atoms with Gasteiger partial charge < -0.3 is 4.74 Å². The van der Waals surface area contributed by atoms with Gasteiger partial charge in [0, 0.05) is 10.0 Å². The molecule has 2 aromatic rings. The Hall–Kier alpha value is -1.84. The molecule has 0 bridgehead atoms. The number of hydrogen-bond acceptors (Lipinski definition) is 3. The fourth-order valence-electron chi connectivity index (χ4n) is 1.78. The summed E-state index contributed by atoms with van der Waals surface area (Å²) in [4.78, 5) is 23.4. The summed E-state index contributed by atoms with van der Waals surface area (Å²) >= 11 is 11.7. The fraction of sp³-hybridized carbons (Fsp3) is 0.125. The lowest BCUT2D eigenvalue weighted by Crippen LogP contribution is -2.16. The zero-order chi connectivity index (χ0) is 15.2. The molecule has 0 heterocycles. The molecule has 0 saturated heterocycles. The molecule has 0 aliphatic heterocycles. The summed E-state index contributed by atoms with van der Waals surface area (Å²) in [7, 11) is 0. The molecule has 0 unspecified atom stereocenters. The van der Waals surface area contributed by atoms with Crippen LogP contribution in [0.4, 0.5) is 0 Å². The van der Waals surface area contributed by atoms with Crippen LogP contribution in [0.15, 0.2) is 48.5 Å². The predicted molar refractivity (Wildman–Crippen MR) is 81.4 cm³/mol. The van der Waals surface area contributed by atoms with E-state index >= 15 is 0 Å². The second-order valence-electron chi connectivity index (χ2n) is 4.42. The number of hydrogen-bond donors (Lipinski definition) is 0. The van der Waals surface area contributed by atoms with E-state index in [0.717, 1.165) is 5.56 Å². The Kier molecular flexibility index (Phi) is 5.37. The van der Waals surface area contributed by atoms with Crippen LogP contribution in [0.3, 0.4) is 0 Å². The van der Waals surface area contributed by atoms with Crippen LogP contribution in [0.1, 0.15) is 11.1 Å². The minimum Gasteiger partial charge on any atom is -0.393 e. The molecule has 0 amide bonds. The molecule has 0 aromatic heterocycles. The molecular formula is C16H12Cl2O3. The van der Waals surface area contributed by atoms with Crippen LogP contribution >= 0.6 is 23.2 Å². The number of benzene rings is 2. The van der Waals surface area contributed by atoms with Crippen LogP contribution in [-0.4, -0.2) is 11.9 Å². The van der Waals surface area contributed by atoms with Crippen molar-refractivity contribution in [3.63, 3.8) is 0 Å². The van der Waals surface area contributed by atoms with Gasteiger partial charge in [0.1, 0.15) is 0 Å². The van der Waals surface area contributed by atoms with Crippen LogP contribution in [0.25, 0.3) is 0 Å². The molecule has 0 saturated carbocycles. The van der Waals surface area contributed by atoms with Crippen molar-refractivity contribution >= 4 is 35.1 Å². The Labute approximate surface area is 132 Å². The van der Waals surface area contributed by atoms with Crippen molar-refractivity contribution in [2.75, 3.05) is 0 Å². The number of halogens is 2. The monoisotopic (exact) mass is 322 g/mol. The van der Waals surface area contributed by atoms with Crippen molar-refractivity contribution in [2.24, 2.45) is 0 Å². The summed E-state index contributed by atoms with van der Waals surface area (Å²) in [5, 5.41) is 0.854. The lowest BCUT2D eigenvalue weighted by Gasteiger charge is -2.05. The molecule has 0 aliphatic carbocycles. The molecule has 21 heavy (non-hydrogen) atoms. The number of esters is 2. The molecule has 0 atom stereocenters. The van der Waals surface area contributed by atoms with Gasteiger partial charge >= 0.3 is 11.9 Å². The maximum Gasteiger partial charge on any atom is 0.317 e. The third-order valence-electron chi connectivity index (χ3n) is 2.77. The van der Waals surface area contributed by atoms with Crippen LogP contribution in [0.2, 0.25) is 10.0 Å². The van der Waals surface area contributed by atoms with Crippen molar-refractivity contribution in [3.05, 3.63) is 69.7 Å². The topological polar surface area (TPSA) is 43.4 Å². The zero-order valence-corrected chi connectivity index (χ0v) is 12.5. The van der Waals surface area contributed by atoms with Crippen molar-refractivity contribution in [3.8, 4) is 0 Å². The molecule has 3 nitrogen and oxygen atoms in total. The van der Waals surface area contributed by atoms with Crippen molar-refractivity contribution < 1.29 is 14.3 Å². The van der Waals surface area contributed by atoms with E-state index in [4.69, 9.17) is 27.9 Å². The average Bonchev–Trinajstić information content (AvgIpc) is 2.43. The van der Waals surface area contributed by atoms with Gasteiger partial charge in [0.15, 0.2) is 0 Å². The van der Waals surface area contributed by atoms with Gasteiger partial charge in [0.2, 0.25) is 0 Å². The van der Waals surface area contributed by atoms with E-state index < -0.39 is 11.9 Å². The normalized spacial score (nSPS) is 10.2. The summed E-state index contributed by atoms with van der Waals surface area (Å²) in [5.74, 6) is -1.23. The number of carbonyl (C=O) groups excluding carboxylic acids is 2. The SMILES string of the molecule is O=C(Cc1ccccc1)OC(=O)Cc1ccc(Cl)cc1Cl. The Morgan fingerprint density at radius 1 is 0.905 bits per heavy atom. The highest BCUT2D eigenvalue weighted by Crippen LogP contribution is 2.21. The van der Waals surface area contributed by atoms with Gasteiger partial charge in [-0.3, -0.25) is 9.59 Å². The molecule has 2 rings (SSSR count). The molecule has 0 fully saturated rings. The first kappa shape index (κ1) is 15.5. The predicted octanol–water partition coefficient (Wildman–Crippen LogP) is 3.85. The van der Waals surface area contributed by atoms with Crippen LogP contribution < -0.4 is 0 Å². The van der Waals surface area contributed by atoms with Crippen LogP contribution in [0, 0.1) is 0 Å². The first-order valence-electron chi connectivity index (χ1n) is 6.26. The quantitative estimate of drug-likeness (QED) is 0.634. The maximum absolute atomic E-state index is 11.7. The minimum absolute atomic E-state index is 0.0565. The molecule has 0 aliphatic rings. The fourth-order valence-corrected chi connectivity index (χ4v) is 2.26. The van der Waals surface area contributed by atoms with E-state index in [1.807, 2.05) is 18.2 Å². The first-order chi connectivity index (χ1) is 10.0. The van der Waals surface area contributed by atoms with Crippen molar-refractivity contribution in [1.29, 1.82) is 0 Å². The highest BCUT2D eigenvalue weighted by atomic mass is 35.5. The maximum atomic E-state index is 11.7. The van der Waals surface area contributed by atoms with Crippen molar-refractivity contribution in [2.45, 2.75) is 12.8 Å². The molecule has 5 heteroatoms. The Bertz CT molecular complexity index is 654. The van der Waals surface area contributed by atoms with Crippen molar-refractivity contribution in [1.82, 2.24) is 0 Å².